The number of hydrogen-bond acceptors (Lipinski definition) is 3. The summed E-state index contributed by atoms with van der Waals surface area (Å²) in [6, 6.07) is 0. The first-order chi connectivity index (χ1) is 5.38. The molecule has 56 valence electrons. The Morgan fingerprint density at radius 2 is 2.55 bits per heavy atom. The topological polar surface area (TPSA) is 55.0 Å². The largest absolute Gasteiger partial charge is 0.496 e. The van der Waals surface area contributed by atoms with Crippen LogP contribution in [-0.4, -0.2) is 9.97 Å². The zero-order chi connectivity index (χ0) is 7.68. The predicted molar refractivity (Wildman–Crippen MR) is 38.7 cm³/mol. The molecule has 0 saturated carbocycles. The second-order valence-corrected chi connectivity index (χ2v) is 2.21. The van der Waals surface area contributed by atoms with Gasteiger partial charge >= 0.3 is 0 Å². The molecule has 0 aliphatic carbocycles. The van der Waals surface area contributed by atoms with Gasteiger partial charge in [0.1, 0.15) is 6.61 Å². The number of aromatic nitrogens is 2. The van der Waals surface area contributed by atoms with Crippen LogP contribution in [0.5, 0.6) is 0 Å². The smallest absolute Gasteiger partial charge is 0.257 e. The zero-order valence-corrected chi connectivity index (χ0v) is 5.70. The van der Waals surface area contributed by atoms with Crippen molar-refractivity contribution >= 4 is 6.08 Å². The van der Waals surface area contributed by atoms with Crippen LogP contribution in [0.15, 0.2) is 17.4 Å². The molecule has 0 radical (unpaired) electrons. The van der Waals surface area contributed by atoms with Gasteiger partial charge in [-0.3, -0.25) is 4.79 Å². The van der Waals surface area contributed by atoms with Crippen molar-refractivity contribution in [3.8, 4) is 0 Å². The summed E-state index contributed by atoms with van der Waals surface area (Å²) in [5, 5.41) is 0. The molecule has 0 fully saturated rings. The maximum absolute atomic E-state index is 11.1. The maximum Gasteiger partial charge on any atom is 0.257 e. The molecule has 0 spiro atoms. The standard InChI is InChI=1S/C7H6N2O2/c10-7-5-3-11-2-1-6(5)8-4-9-7/h1-2,4H,3H2,(H,8,9,10). The number of nitrogens with zero attached hydrogens (tertiary/aromatic N) is 1. The Kier molecular flexibility index (Phi) is 1.25. The van der Waals surface area contributed by atoms with E-state index in [2.05, 4.69) is 9.97 Å². The molecular formula is C7H6N2O2. The average molecular weight is 150 g/mol. The van der Waals surface area contributed by atoms with Gasteiger partial charge in [-0.05, 0) is 6.08 Å². The lowest BCUT2D eigenvalue weighted by Crippen LogP contribution is -2.17. The number of rotatable bonds is 0. The van der Waals surface area contributed by atoms with E-state index in [1.165, 1.54) is 12.6 Å². The number of H-pyrrole nitrogens is 1. The Balaban J connectivity index is 2.69. The summed E-state index contributed by atoms with van der Waals surface area (Å²) in [5.41, 5.74) is 1.16. The van der Waals surface area contributed by atoms with Crippen LogP contribution in [-0.2, 0) is 11.3 Å². The first kappa shape index (κ1) is 6.15. The number of hydrogen-bond donors (Lipinski definition) is 1. The van der Waals surface area contributed by atoms with E-state index in [1.807, 2.05) is 0 Å². The van der Waals surface area contributed by atoms with Crippen LogP contribution in [0.25, 0.3) is 6.08 Å². The minimum atomic E-state index is -0.126. The van der Waals surface area contributed by atoms with Crippen molar-refractivity contribution in [1.29, 1.82) is 0 Å². The van der Waals surface area contributed by atoms with Gasteiger partial charge in [-0.1, -0.05) is 0 Å². The summed E-state index contributed by atoms with van der Waals surface area (Å²) in [4.78, 5) is 17.5. The zero-order valence-electron chi connectivity index (χ0n) is 5.70. The van der Waals surface area contributed by atoms with Gasteiger partial charge in [-0.25, -0.2) is 4.98 Å². The van der Waals surface area contributed by atoms with Crippen LogP contribution >= 0.6 is 0 Å². The normalized spacial score (nSPS) is 13.8. The fourth-order valence-electron chi connectivity index (χ4n) is 0.969. The summed E-state index contributed by atoms with van der Waals surface area (Å²) >= 11 is 0. The van der Waals surface area contributed by atoms with Crippen molar-refractivity contribution < 1.29 is 4.74 Å². The maximum atomic E-state index is 11.1. The summed E-state index contributed by atoms with van der Waals surface area (Å²) in [6.07, 6.45) is 4.60. The van der Waals surface area contributed by atoms with E-state index in [-0.39, 0.29) is 5.56 Å². The van der Waals surface area contributed by atoms with E-state index in [0.29, 0.717) is 17.9 Å². The molecule has 1 aromatic heterocycles. The molecule has 0 atom stereocenters. The highest BCUT2D eigenvalue weighted by Gasteiger charge is 2.08. The molecule has 1 aromatic rings. The third kappa shape index (κ3) is 0.920. The molecule has 4 nitrogen and oxygen atoms in total. The van der Waals surface area contributed by atoms with Crippen molar-refractivity contribution in [3.63, 3.8) is 0 Å². The second kappa shape index (κ2) is 2.23. The predicted octanol–water partition coefficient (Wildman–Crippen LogP) is 0.271. The van der Waals surface area contributed by atoms with Crippen LogP contribution < -0.4 is 5.56 Å². The van der Waals surface area contributed by atoms with Crippen LogP contribution in [0, 0.1) is 0 Å². The lowest BCUT2D eigenvalue weighted by molar-refractivity contribution is 0.232. The fourth-order valence-corrected chi connectivity index (χ4v) is 0.969. The van der Waals surface area contributed by atoms with E-state index < -0.39 is 0 Å². The SMILES string of the molecule is O=c1[nH]cnc2c1COC=C2. The van der Waals surface area contributed by atoms with Gasteiger partial charge in [0, 0.05) is 0 Å². The highest BCUT2D eigenvalue weighted by molar-refractivity contribution is 5.48. The molecule has 0 unspecified atom stereocenters. The third-order valence-corrected chi connectivity index (χ3v) is 1.53. The van der Waals surface area contributed by atoms with E-state index in [9.17, 15) is 4.79 Å². The monoisotopic (exact) mass is 150 g/mol. The molecule has 1 N–H and O–H groups in total. The third-order valence-electron chi connectivity index (χ3n) is 1.53. The van der Waals surface area contributed by atoms with Crippen molar-refractivity contribution in [2.75, 3.05) is 0 Å². The number of ether oxygens (including phenoxy) is 1. The van der Waals surface area contributed by atoms with Gasteiger partial charge in [-0.2, -0.15) is 0 Å². The molecule has 2 rings (SSSR count). The van der Waals surface area contributed by atoms with Crippen LogP contribution in [0.1, 0.15) is 11.3 Å². The van der Waals surface area contributed by atoms with Crippen LogP contribution in [0.4, 0.5) is 0 Å². The Morgan fingerprint density at radius 3 is 3.36 bits per heavy atom. The average Bonchev–Trinajstić information content (AvgIpc) is 2.06. The summed E-state index contributed by atoms with van der Waals surface area (Å²) in [6.45, 7) is 0.314. The highest BCUT2D eigenvalue weighted by Crippen LogP contribution is 2.08. The molecule has 0 amide bonds. The number of nitrogens with one attached hydrogen (secondary N) is 1. The molecule has 2 heterocycles. The molecule has 0 saturated heterocycles. The first-order valence-electron chi connectivity index (χ1n) is 3.22. The number of aromatic amines is 1. The van der Waals surface area contributed by atoms with Crippen molar-refractivity contribution in [1.82, 2.24) is 9.97 Å². The van der Waals surface area contributed by atoms with Gasteiger partial charge in [0.2, 0.25) is 0 Å². The lowest BCUT2D eigenvalue weighted by atomic mass is 10.2. The van der Waals surface area contributed by atoms with Crippen molar-refractivity contribution in [3.05, 3.63) is 34.2 Å². The van der Waals surface area contributed by atoms with Gasteiger partial charge in [0.05, 0.1) is 23.8 Å². The summed E-state index contributed by atoms with van der Waals surface area (Å²) in [5.74, 6) is 0. The second-order valence-electron chi connectivity index (χ2n) is 2.21. The minimum Gasteiger partial charge on any atom is -0.496 e. The van der Waals surface area contributed by atoms with Gasteiger partial charge in [0.15, 0.2) is 0 Å². The van der Waals surface area contributed by atoms with E-state index in [0.717, 1.165) is 0 Å². The number of fused-ring (bicyclic) bond motifs is 1. The summed E-state index contributed by atoms with van der Waals surface area (Å²) < 4.78 is 4.94. The van der Waals surface area contributed by atoms with Gasteiger partial charge in [-0.15, -0.1) is 0 Å². The fraction of sp³-hybridized carbons (Fsp3) is 0.143. The Hall–Kier alpha value is -1.58. The van der Waals surface area contributed by atoms with E-state index >= 15 is 0 Å². The molecule has 4 heteroatoms. The van der Waals surface area contributed by atoms with E-state index in [4.69, 9.17) is 4.74 Å². The van der Waals surface area contributed by atoms with Crippen LogP contribution in [0.2, 0.25) is 0 Å². The van der Waals surface area contributed by atoms with Gasteiger partial charge in [0.25, 0.3) is 5.56 Å². The Morgan fingerprint density at radius 1 is 1.64 bits per heavy atom. The van der Waals surface area contributed by atoms with E-state index in [1.54, 1.807) is 6.08 Å². The lowest BCUT2D eigenvalue weighted by Gasteiger charge is -2.07. The Bertz CT molecular complexity index is 354. The van der Waals surface area contributed by atoms with Crippen molar-refractivity contribution in [2.45, 2.75) is 6.61 Å². The highest BCUT2D eigenvalue weighted by atomic mass is 16.5. The molecule has 11 heavy (non-hydrogen) atoms. The molecule has 1 aliphatic heterocycles. The molecule has 0 bridgehead atoms. The van der Waals surface area contributed by atoms with Gasteiger partial charge < -0.3 is 9.72 Å². The quantitative estimate of drug-likeness (QED) is 0.577. The minimum absolute atomic E-state index is 0.126. The van der Waals surface area contributed by atoms with Crippen LogP contribution in [0.3, 0.4) is 0 Å². The molecular weight excluding hydrogens is 144 g/mol. The Labute approximate surface area is 62.5 Å². The molecule has 1 aliphatic rings. The van der Waals surface area contributed by atoms with Crippen molar-refractivity contribution in [2.24, 2.45) is 0 Å². The summed E-state index contributed by atoms with van der Waals surface area (Å²) in [7, 11) is 0. The first-order valence-corrected chi connectivity index (χ1v) is 3.22. The molecule has 0 aromatic carbocycles.